The first-order chi connectivity index (χ1) is 13.2. The molecule has 0 saturated heterocycles. The van der Waals surface area contributed by atoms with Crippen molar-refractivity contribution in [3.05, 3.63) is 71.3 Å². The number of carboxylic acids is 1. The fourth-order valence-electron chi connectivity index (χ4n) is 2.56. The minimum atomic E-state index is -3.93. The van der Waals surface area contributed by atoms with Gasteiger partial charge in [0.05, 0.1) is 11.7 Å². The topological polar surface area (TPSA) is 118 Å². The van der Waals surface area contributed by atoms with Gasteiger partial charge in [-0.05, 0) is 25.0 Å². The molecule has 28 heavy (non-hydrogen) atoms. The fraction of sp³-hybridized carbons (Fsp3) is 0.250. The van der Waals surface area contributed by atoms with Crippen molar-refractivity contribution >= 4 is 27.7 Å². The molecule has 8 heteroatoms. The minimum Gasteiger partial charge on any atom is -0.481 e. The molecule has 148 valence electrons. The quantitative estimate of drug-likeness (QED) is 0.621. The molecule has 1 unspecified atom stereocenters. The van der Waals surface area contributed by atoms with Gasteiger partial charge < -0.3 is 5.11 Å². The molecule has 0 saturated carbocycles. The van der Waals surface area contributed by atoms with Gasteiger partial charge in [0.1, 0.15) is 0 Å². The Morgan fingerprint density at radius 2 is 1.64 bits per heavy atom. The summed E-state index contributed by atoms with van der Waals surface area (Å²) in [6.45, 7) is 1.54. The van der Waals surface area contributed by atoms with Crippen LogP contribution < -0.4 is 4.72 Å². The van der Waals surface area contributed by atoms with E-state index < -0.39 is 33.6 Å². The third kappa shape index (κ3) is 6.02. The maximum absolute atomic E-state index is 12.5. The predicted molar refractivity (Wildman–Crippen MR) is 104 cm³/mol. The normalized spacial score (nSPS) is 12.2. The number of hydrogen-bond donors (Lipinski definition) is 2. The highest BCUT2D eigenvalue weighted by Gasteiger charge is 2.22. The van der Waals surface area contributed by atoms with Gasteiger partial charge in [-0.25, -0.2) is 8.42 Å². The second-order valence-corrected chi connectivity index (χ2v) is 8.17. The molecule has 0 radical (unpaired) electrons. The third-order valence-corrected chi connectivity index (χ3v) is 5.48. The molecule has 0 aromatic heterocycles. The van der Waals surface area contributed by atoms with Crippen molar-refractivity contribution in [2.75, 3.05) is 5.75 Å². The van der Waals surface area contributed by atoms with Crippen LogP contribution in [0.4, 0.5) is 0 Å². The monoisotopic (exact) mass is 403 g/mol. The van der Waals surface area contributed by atoms with Gasteiger partial charge in [0.15, 0.2) is 5.78 Å². The van der Waals surface area contributed by atoms with Gasteiger partial charge in [-0.3, -0.25) is 19.1 Å². The number of carbonyl (C=O) groups is 3. The van der Waals surface area contributed by atoms with E-state index in [4.69, 9.17) is 5.11 Å². The van der Waals surface area contributed by atoms with Crippen LogP contribution in [0, 0.1) is 0 Å². The fourth-order valence-corrected chi connectivity index (χ4v) is 3.67. The molecule has 2 rings (SSSR count). The Kier molecular flexibility index (Phi) is 7.06. The Bertz CT molecular complexity index is 969. The average molecular weight is 403 g/mol. The van der Waals surface area contributed by atoms with Crippen molar-refractivity contribution in [2.24, 2.45) is 0 Å². The van der Waals surface area contributed by atoms with E-state index in [0.29, 0.717) is 16.7 Å². The van der Waals surface area contributed by atoms with Crippen LogP contribution in [0.3, 0.4) is 0 Å². The van der Waals surface area contributed by atoms with E-state index in [2.05, 4.69) is 0 Å². The Balaban J connectivity index is 2.09. The van der Waals surface area contributed by atoms with Crippen molar-refractivity contribution < 1.29 is 27.9 Å². The van der Waals surface area contributed by atoms with Crippen LogP contribution in [0.15, 0.2) is 54.6 Å². The summed E-state index contributed by atoms with van der Waals surface area (Å²) in [7, 11) is -3.93. The highest BCUT2D eigenvalue weighted by molar-refractivity contribution is 7.90. The molecule has 0 aliphatic rings. The lowest BCUT2D eigenvalue weighted by Gasteiger charge is -2.14. The number of benzene rings is 2. The molecule has 7 nitrogen and oxygen atoms in total. The van der Waals surface area contributed by atoms with Crippen LogP contribution in [0.1, 0.15) is 47.2 Å². The van der Waals surface area contributed by atoms with Crippen molar-refractivity contribution in [1.29, 1.82) is 0 Å². The van der Waals surface area contributed by atoms with Crippen LogP contribution in [0.5, 0.6) is 0 Å². The summed E-state index contributed by atoms with van der Waals surface area (Å²) in [5, 5.41) is 8.57. The molecule has 0 bridgehead atoms. The van der Waals surface area contributed by atoms with Crippen LogP contribution in [0.25, 0.3) is 0 Å². The molecule has 0 spiro atoms. The summed E-state index contributed by atoms with van der Waals surface area (Å²) < 4.78 is 25.8. The van der Waals surface area contributed by atoms with Gasteiger partial charge in [-0.2, -0.15) is 0 Å². The molecule has 0 aliphatic carbocycles. The van der Waals surface area contributed by atoms with Gasteiger partial charge >= 0.3 is 5.97 Å². The first-order valence-corrected chi connectivity index (χ1v) is 10.3. The van der Waals surface area contributed by atoms with Crippen LogP contribution in [0.2, 0.25) is 0 Å². The van der Waals surface area contributed by atoms with Gasteiger partial charge in [-0.15, -0.1) is 0 Å². The number of carbonyl (C=O) groups excluding carboxylic acids is 2. The number of sulfonamides is 1. The maximum Gasteiger partial charge on any atom is 0.303 e. The van der Waals surface area contributed by atoms with Crippen molar-refractivity contribution in [2.45, 2.75) is 25.7 Å². The highest BCUT2D eigenvalue weighted by Crippen LogP contribution is 2.19. The summed E-state index contributed by atoms with van der Waals surface area (Å²) in [5.74, 6) is -3.30. The number of ketones is 1. The molecule has 1 amide bonds. The van der Waals surface area contributed by atoms with E-state index in [1.807, 2.05) is 4.72 Å². The van der Waals surface area contributed by atoms with Crippen LogP contribution >= 0.6 is 0 Å². The summed E-state index contributed by atoms with van der Waals surface area (Å²) in [5.41, 5.74) is 1.41. The Morgan fingerprint density at radius 3 is 2.29 bits per heavy atom. The zero-order valence-corrected chi connectivity index (χ0v) is 16.1. The minimum absolute atomic E-state index is 0.0899. The van der Waals surface area contributed by atoms with Gasteiger partial charge in [0.2, 0.25) is 15.9 Å². The second kappa shape index (κ2) is 9.27. The molecular weight excluding hydrogens is 382 g/mol. The van der Waals surface area contributed by atoms with Crippen molar-refractivity contribution in [1.82, 2.24) is 4.72 Å². The lowest BCUT2D eigenvalue weighted by atomic mass is 9.95. The molecule has 2 aromatic rings. The van der Waals surface area contributed by atoms with Crippen molar-refractivity contribution in [3.8, 4) is 0 Å². The molecule has 2 aromatic carbocycles. The molecule has 2 N–H and O–H groups in total. The lowest BCUT2D eigenvalue weighted by Crippen LogP contribution is -2.35. The molecule has 0 fully saturated rings. The zero-order chi connectivity index (χ0) is 20.7. The smallest absolute Gasteiger partial charge is 0.303 e. The van der Waals surface area contributed by atoms with Gasteiger partial charge in [0.25, 0.3) is 0 Å². The summed E-state index contributed by atoms with van der Waals surface area (Å²) >= 11 is 0. The van der Waals surface area contributed by atoms with Crippen LogP contribution in [-0.2, 0) is 19.6 Å². The number of aliphatic carboxylic acids is 1. The Labute approximate surface area is 163 Å². The number of carboxylic acid groups (broad SMARTS) is 1. The summed E-state index contributed by atoms with van der Waals surface area (Å²) in [6, 6.07) is 15.2. The first kappa shape index (κ1) is 21.3. The SMILES string of the molecule is CC(C(=O)NS(=O)(=O)CCCC(=O)O)c1cccc(C(=O)c2ccccc2)c1. The number of rotatable bonds is 9. The van der Waals surface area contributed by atoms with Crippen LogP contribution in [-0.4, -0.2) is 36.9 Å². The number of amides is 1. The Hall–Kier alpha value is -3.00. The zero-order valence-electron chi connectivity index (χ0n) is 15.3. The Morgan fingerprint density at radius 1 is 1.00 bits per heavy atom. The summed E-state index contributed by atoms with van der Waals surface area (Å²) in [6.07, 6.45) is -0.387. The third-order valence-electron chi connectivity index (χ3n) is 4.14. The van der Waals surface area contributed by atoms with E-state index in [9.17, 15) is 22.8 Å². The van der Waals surface area contributed by atoms with E-state index in [1.165, 1.54) is 6.92 Å². The lowest BCUT2D eigenvalue weighted by molar-refractivity contribution is -0.137. The average Bonchev–Trinajstić information content (AvgIpc) is 2.66. The van der Waals surface area contributed by atoms with E-state index in [0.717, 1.165) is 0 Å². The maximum atomic E-state index is 12.5. The molecule has 1 atom stereocenters. The number of nitrogens with one attached hydrogen (secondary N) is 1. The van der Waals surface area contributed by atoms with Gasteiger partial charge in [-0.1, -0.05) is 48.5 Å². The van der Waals surface area contributed by atoms with E-state index in [1.54, 1.807) is 54.6 Å². The predicted octanol–water partition coefficient (Wildman–Crippen LogP) is 2.33. The standard InChI is InChI=1S/C20H21NO6S/c1-14(20(25)21-28(26,27)12-6-11-18(22)23)16-9-5-10-17(13-16)19(24)15-7-3-2-4-8-15/h2-5,7-10,13-14H,6,11-12H2,1H3,(H,21,25)(H,22,23). The largest absolute Gasteiger partial charge is 0.481 e. The molecule has 0 aliphatic heterocycles. The van der Waals surface area contributed by atoms with E-state index in [-0.39, 0.29) is 18.6 Å². The van der Waals surface area contributed by atoms with Crippen molar-refractivity contribution in [3.63, 3.8) is 0 Å². The first-order valence-electron chi connectivity index (χ1n) is 8.65. The van der Waals surface area contributed by atoms with E-state index >= 15 is 0 Å². The molecule has 0 heterocycles. The second-order valence-electron chi connectivity index (χ2n) is 6.32. The molecular formula is C20H21NO6S. The number of hydrogen-bond acceptors (Lipinski definition) is 5. The summed E-state index contributed by atoms with van der Waals surface area (Å²) in [4.78, 5) is 35.3. The highest BCUT2D eigenvalue weighted by atomic mass is 32.2. The van der Waals surface area contributed by atoms with Gasteiger partial charge in [0, 0.05) is 17.5 Å².